The molecule has 2 fully saturated rings. The molecule has 0 spiro atoms. The molecule has 0 N–H and O–H groups in total. The molecule has 2 aromatic rings. The number of likely N-dealkylation sites (N-methyl/N-ethyl adjacent to an activating group) is 1. The summed E-state index contributed by atoms with van der Waals surface area (Å²) in [6.07, 6.45) is 0.888. The van der Waals surface area contributed by atoms with Crippen LogP contribution in [0.4, 0.5) is 13.6 Å². The average molecular weight is 455 g/mol. The quantitative estimate of drug-likeness (QED) is 0.663. The Labute approximate surface area is 194 Å². The zero-order chi connectivity index (χ0) is 22.9. The Morgan fingerprint density at radius 2 is 1.52 bits per heavy atom. The largest absolute Gasteiger partial charge is 0.323 e. The van der Waals surface area contributed by atoms with E-state index >= 15 is 0 Å². The van der Waals surface area contributed by atoms with Crippen molar-refractivity contribution < 1.29 is 13.6 Å². The van der Waals surface area contributed by atoms with Crippen molar-refractivity contribution in [3.63, 3.8) is 0 Å². The number of hydrogen-bond donors (Lipinski definition) is 0. The second-order valence-corrected chi connectivity index (χ2v) is 9.36. The summed E-state index contributed by atoms with van der Waals surface area (Å²) in [7, 11) is 0. The number of fused-ring (bicyclic) bond motifs is 1. The van der Waals surface area contributed by atoms with E-state index < -0.39 is 0 Å². The van der Waals surface area contributed by atoms with Gasteiger partial charge >= 0.3 is 6.03 Å². The Balaban J connectivity index is 1.22. The number of amides is 2. The van der Waals surface area contributed by atoms with Crippen molar-refractivity contribution in [1.82, 2.24) is 19.6 Å². The van der Waals surface area contributed by atoms with Gasteiger partial charge in [-0.1, -0.05) is 18.2 Å². The smallest absolute Gasteiger partial charge is 0.320 e. The molecule has 2 unspecified atom stereocenters. The first kappa shape index (κ1) is 22.3. The highest BCUT2D eigenvalue weighted by atomic mass is 19.1. The van der Waals surface area contributed by atoms with Crippen molar-refractivity contribution >= 4 is 6.03 Å². The van der Waals surface area contributed by atoms with Crippen LogP contribution in [0.15, 0.2) is 42.5 Å². The molecule has 0 saturated carbocycles. The van der Waals surface area contributed by atoms with E-state index in [4.69, 9.17) is 0 Å². The third-order valence-electron chi connectivity index (χ3n) is 7.61. The van der Waals surface area contributed by atoms with E-state index in [1.165, 1.54) is 18.2 Å². The molecule has 0 aromatic heterocycles. The molecule has 176 valence electrons. The molecule has 2 atom stereocenters. The lowest BCUT2D eigenvalue weighted by Crippen LogP contribution is -2.49. The fourth-order valence-electron chi connectivity index (χ4n) is 5.68. The highest BCUT2D eigenvalue weighted by Crippen LogP contribution is 2.47. The molecular weight excluding hydrogens is 422 g/mol. The Kier molecular flexibility index (Phi) is 6.34. The van der Waals surface area contributed by atoms with Crippen LogP contribution in [0.2, 0.25) is 0 Å². The minimum Gasteiger partial charge on any atom is -0.323 e. The highest BCUT2D eigenvalue weighted by molar-refractivity contribution is 5.76. The molecule has 2 amide bonds. The molecule has 1 aliphatic carbocycles. The number of halogens is 2. The Morgan fingerprint density at radius 3 is 2.21 bits per heavy atom. The van der Waals surface area contributed by atoms with Gasteiger partial charge in [0.15, 0.2) is 0 Å². The van der Waals surface area contributed by atoms with Gasteiger partial charge in [-0.3, -0.25) is 9.80 Å². The second-order valence-electron chi connectivity index (χ2n) is 9.36. The first-order valence-corrected chi connectivity index (χ1v) is 12.1. The number of carbonyl (C=O) groups excluding carboxylic acids is 1. The van der Waals surface area contributed by atoms with Crippen molar-refractivity contribution in [1.29, 1.82) is 0 Å². The Morgan fingerprint density at radius 1 is 0.818 bits per heavy atom. The van der Waals surface area contributed by atoms with Gasteiger partial charge in [-0.05, 0) is 54.3 Å². The molecule has 2 saturated heterocycles. The minimum atomic E-state index is -0.234. The zero-order valence-corrected chi connectivity index (χ0v) is 19.2. The molecule has 2 aliphatic heterocycles. The summed E-state index contributed by atoms with van der Waals surface area (Å²) >= 11 is 0. The maximum absolute atomic E-state index is 14.2. The number of urea groups is 1. The van der Waals surface area contributed by atoms with Gasteiger partial charge in [0.1, 0.15) is 11.6 Å². The Hall–Kier alpha value is -2.51. The number of piperazine rings is 1. The van der Waals surface area contributed by atoms with Crippen LogP contribution in [-0.4, -0.2) is 84.5 Å². The van der Waals surface area contributed by atoms with E-state index in [-0.39, 0.29) is 29.6 Å². The van der Waals surface area contributed by atoms with Gasteiger partial charge in [0.05, 0.1) is 0 Å². The molecule has 5 nitrogen and oxygen atoms in total. The standard InChI is InChI=1S/C26H32F2N4O/c1-2-30-15-16-32(26(30)33)14-11-29-9-12-31(13-10-29)25-18-23(19-3-5-20(27)6-4-19)22-8-7-21(28)17-24(22)25/h3-8,17,23,25H,2,9-16,18H2,1H3. The minimum absolute atomic E-state index is 0.159. The topological polar surface area (TPSA) is 30.0 Å². The Bertz CT molecular complexity index is 990. The average Bonchev–Trinajstić information content (AvgIpc) is 3.38. The van der Waals surface area contributed by atoms with Crippen molar-refractivity contribution in [3.8, 4) is 0 Å². The van der Waals surface area contributed by atoms with Crippen molar-refractivity contribution in [2.75, 3.05) is 58.9 Å². The summed E-state index contributed by atoms with van der Waals surface area (Å²) in [4.78, 5) is 21.1. The van der Waals surface area contributed by atoms with Gasteiger partial charge in [0, 0.05) is 70.9 Å². The van der Waals surface area contributed by atoms with Gasteiger partial charge in [0.2, 0.25) is 0 Å². The summed E-state index contributed by atoms with van der Waals surface area (Å²) in [6, 6.07) is 12.2. The lowest BCUT2D eigenvalue weighted by atomic mass is 9.93. The van der Waals surface area contributed by atoms with Crippen molar-refractivity contribution in [2.24, 2.45) is 0 Å². The van der Waals surface area contributed by atoms with E-state index in [2.05, 4.69) is 9.80 Å². The molecule has 33 heavy (non-hydrogen) atoms. The van der Waals surface area contributed by atoms with Crippen LogP contribution in [0.5, 0.6) is 0 Å². The van der Waals surface area contributed by atoms with Crippen LogP contribution in [-0.2, 0) is 0 Å². The van der Waals surface area contributed by atoms with Gasteiger partial charge in [-0.2, -0.15) is 0 Å². The number of carbonyl (C=O) groups is 1. The monoisotopic (exact) mass is 454 g/mol. The lowest BCUT2D eigenvalue weighted by molar-refractivity contribution is 0.0900. The number of nitrogens with zero attached hydrogens (tertiary/aromatic N) is 4. The highest BCUT2D eigenvalue weighted by Gasteiger charge is 2.37. The summed E-state index contributed by atoms with van der Waals surface area (Å²) in [5.41, 5.74) is 3.31. The van der Waals surface area contributed by atoms with E-state index in [0.717, 1.165) is 82.0 Å². The van der Waals surface area contributed by atoms with E-state index in [1.807, 2.05) is 34.9 Å². The summed E-state index contributed by atoms with van der Waals surface area (Å²) in [5, 5.41) is 0. The predicted octanol–water partition coefficient (Wildman–Crippen LogP) is 3.92. The fourth-order valence-corrected chi connectivity index (χ4v) is 5.68. The van der Waals surface area contributed by atoms with Gasteiger partial charge in [-0.15, -0.1) is 0 Å². The van der Waals surface area contributed by atoms with Crippen LogP contribution in [0.25, 0.3) is 0 Å². The van der Waals surface area contributed by atoms with E-state index in [9.17, 15) is 13.6 Å². The molecule has 3 aliphatic rings. The summed E-state index contributed by atoms with van der Waals surface area (Å²) < 4.78 is 27.6. The van der Waals surface area contributed by atoms with Gasteiger partial charge in [0.25, 0.3) is 0 Å². The first-order chi connectivity index (χ1) is 16.0. The van der Waals surface area contributed by atoms with Crippen LogP contribution in [0, 0.1) is 11.6 Å². The van der Waals surface area contributed by atoms with Crippen molar-refractivity contribution in [3.05, 3.63) is 70.8 Å². The fraction of sp³-hybridized carbons (Fsp3) is 0.500. The first-order valence-electron chi connectivity index (χ1n) is 12.1. The molecule has 7 heteroatoms. The van der Waals surface area contributed by atoms with E-state index in [0.29, 0.717) is 0 Å². The number of rotatable bonds is 6. The molecular formula is C26H32F2N4O. The van der Waals surface area contributed by atoms with Crippen molar-refractivity contribution in [2.45, 2.75) is 25.3 Å². The predicted molar refractivity (Wildman–Crippen MR) is 124 cm³/mol. The molecule has 2 aromatic carbocycles. The maximum atomic E-state index is 14.2. The summed E-state index contributed by atoms with van der Waals surface area (Å²) in [6.45, 7) is 9.86. The van der Waals surface area contributed by atoms with E-state index in [1.54, 1.807) is 6.07 Å². The normalized spacial score (nSPS) is 24.0. The molecule has 0 bridgehead atoms. The van der Waals surface area contributed by atoms with Crippen LogP contribution < -0.4 is 0 Å². The second kappa shape index (κ2) is 9.39. The third kappa shape index (κ3) is 4.49. The molecule has 2 heterocycles. The maximum Gasteiger partial charge on any atom is 0.320 e. The lowest BCUT2D eigenvalue weighted by Gasteiger charge is -2.39. The van der Waals surface area contributed by atoms with Crippen LogP contribution in [0.3, 0.4) is 0 Å². The zero-order valence-electron chi connectivity index (χ0n) is 19.2. The third-order valence-corrected chi connectivity index (χ3v) is 7.61. The number of benzene rings is 2. The van der Waals surface area contributed by atoms with Crippen LogP contribution >= 0.6 is 0 Å². The molecule has 5 rings (SSSR count). The van der Waals surface area contributed by atoms with Gasteiger partial charge < -0.3 is 9.80 Å². The van der Waals surface area contributed by atoms with Crippen LogP contribution in [0.1, 0.15) is 42.0 Å². The van der Waals surface area contributed by atoms with Gasteiger partial charge in [-0.25, -0.2) is 13.6 Å². The molecule has 0 radical (unpaired) electrons. The summed E-state index contributed by atoms with van der Waals surface area (Å²) in [5.74, 6) is -0.276. The number of hydrogen-bond acceptors (Lipinski definition) is 3. The SMILES string of the molecule is CCN1CCN(CCN2CCN(C3CC(c4ccc(F)cc4)c4ccc(F)cc43)CC2)C1=O.